The smallest absolute Gasteiger partial charge is 0.387 e. The van der Waals surface area contributed by atoms with Crippen molar-refractivity contribution in [3.8, 4) is 17.2 Å². The summed E-state index contributed by atoms with van der Waals surface area (Å²) in [5, 5.41) is 2.75. The zero-order valence-electron chi connectivity index (χ0n) is 13.1. The number of carbonyl (C=O) groups is 1. The molecule has 25 heavy (non-hydrogen) atoms. The zero-order valence-corrected chi connectivity index (χ0v) is 13.1. The number of fused-ring (bicyclic) bond motifs is 1. The van der Waals surface area contributed by atoms with Crippen LogP contribution in [0.4, 0.5) is 8.78 Å². The Hall–Kier alpha value is -3.09. The molecule has 0 aromatic heterocycles. The number of hydrogen-bond donors (Lipinski definition) is 1. The van der Waals surface area contributed by atoms with Crippen LogP contribution in [0.25, 0.3) is 6.08 Å². The van der Waals surface area contributed by atoms with Crippen molar-refractivity contribution in [3.05, 3.63) is 59.7 Å². The van der Waals surface area contributed by atoms with E-state index in [-0.39, 0.29) is 18.4 Å². The Bertz CT molecular complexity index is 775. The number of benzene rings is 2. The summed E-state index contributed by atoms with van der Waals surface area (Å²) in [6, 6.07) is 11.4. The summed E-state index contributed by atoms with van der Waals surface area (Å²) in [6.07, 6.45) is 2.96. The predicted molar refractivity (Wildman–Crippen MR) is 86.5 cm³/mol. The van der Waals surface area contributed by atoms with Gasteiger partial charge in [-0.3, -0.25) is 4.79 Å². The third-order valence-electron chi connectivity index (χ3n) is 3.44. The lowest BCUT2D eigenvalue weighted by molar-refractivity contribution is -0.116. The van der Waals surface area contributed by atoms with Crippen LogP contribution in [0.15, 0.2) is 48.5 Å². The number of halogens is 2. The van der Waals surface area contributed by atoms with Crippen LogP contribution in [0.2, 0.25) is 0 Å². The molecule has 1 aliphatic rings. The quantitative estimate of drug-likeness (QED) is 0.815. The maximum Gasteiger partial charge on any atom is 0.387 e. The molecule has 1 amide bonds. The summed E-state index contributed by atoms with van der Waals surface area (Å²) < 4.78 is 38.9. The van der Waals surface area contributed by atoms with Gasteiger partial charge in [-0.15, -0.1) is 0 Å². The Balaban J connectivity index is 1.51. The summed E-state index contributed by atoms with van der Waals surface area (Å²) in [5.41, 5.74) is 1.58. The minimum absolute atomic E-state index is 0.0689. The summed E-state index contributed by atoms with van der Waals surface area (Å²) in [6.45, 7) is -2.31. The summed E-state index contributed by atoms with van der Waals surface area (Å²) >= 11 is 0. The van der Waals surface area contributed by atoms with Crippen LogP contribution in [0.5, 0.6) is 17.2 Å². The zero-order chi connectivity index (χ0) is 17.6. The molecule has 1 heterocycles. The van der Waals surface area contributed by atoms with Crippen molar-refractivity contribution in [1.82, 2.24) is 5.32 Å². The van der Waals surface area contributed by atoms with E-state index in [2.05, 4.69) is 10.1 Å². The molecule has 1 N–H and O–H groups in total. The van der Waals surface area contributed by atoms with Crippen molar-refractivity contribution in [2.75, 3.05) is 6.79 Å². The van der Waals surface area contributed by atoms with Gasteiger partial charge in [0.25, 0.3) is 0 Å². The molecule has 0 aliphatic carbocycles. The Morgan fingerprint density at radius 1 is 1.16 bits per heavy atom. The molecule has 5 nitrogen and oxygen atoms in total. The van der Waals surface area contributed by atoms with Gasteiger partial charge in [0.2, 0.25) is 12.7 Å². The van der Waals surface area contributed by atoms with E-state index in [4.69, 9.17) is 9.47 Å². The third-order valence-corrected chi connectivity index (χ3v) is 3.44. The number of rotatable bonds is 6. The van der Waals surface area contributed by atoms with E-state index in [0.29, 0.717) is 23.6 Å². The van der Waals surface area contributed by atoms with Crippen molar-refractivity contribution < 1.29 is 27.8 Å². The van der Waals surface area contributed by atoms with Crippen LogP contribution >= 0.6 is 0 Å². The lowest BCUT2D eigenvalue weighted by Crippen LogP contribution is -2.20. The molecule has 1 aliphatic heterocycles. The van der Waals surface area contributed by atoms with Gasteiger partial charge in [0.1, 0.15) is 5.75 Å². The molecule has 0 bridgehead atoms. The third kappa shape index (κ3) is 4.69. The average Bonchev–Trinajstić information content (AvgIpc) is 3.06. The number of carbonyl (C=O) groups excluding carboxylic acids is 1. The van der Waals surface area contributed by atoms with Gasteiger partial charge >= 0.3 is 6.61 Å². The van der Waals surface area contributed by atoms with E-state index in [1.54, 1.807) is 24.3 Å². The second-order valence-corrected chi connectivity index (χ2v) is 5.19. The molecule has 3 rings (SSSR count). The molecular weight excluding hydrogens is 332 g/mol. The van der Waals surface area contributed by atoms with E-state index in [9.17, 15) is 13.6 Å². The Labute approximate surface area is 142 Å². The summed E-state index contributed by atoms with van der Waals surface area (Å²) in [5.74, 6) is 1.15. The molecule has 0 spiro atoms. The highest BCUT2D eigenvalue weighted by molar-refractivity contribution is 5.91. The van der Waals surface area contributed by atoms with E-state index in [0.717, 1.165) is 5.56 Å². The Morgan fingerprint density at radius 3 is 2.68 bits per heavy atom. The van der Waals surface area contributed by atoms with Crippen molar-refractivity contribution in [1.29, 1.82) is 0 Å². The minimum Gasteiger partial charge on any atom is -0.454 e. The molecule has 0 atom stereocenters. The van der Waals surface area contributed by atoms with Crippen molar-refractivity contribution in [3.63, 3.8) is 0 Å². The van der Waals surface area contributed by atoms with Crippen LogP contribution in [0, 0.1) is 0 Å². The normalized spacial score (nSPS) is 12.6. The summed E-state index contributed by atoms with van der Waals surface area (Å²) in [4.78, 5) is 11.9. The van der Waals surface area contributed by atoms with Crippen molar-refractivity contribution in [2.45, 2.75) is 13.2 Å². The van der Waals surface area contributed by atoms with Gasteiger partial charge in [-0.25, -0.2) is 0 Å². The predicted octanol–water partition coefficient (Wildman–Crippen LogP) is 3.35. The van der Waals surface area contributed by atoms with E-state index in [1.165, 1.54) is 18.2 Å². The number of amides is 1. The van der Waals surface area contributed by atoms with Crippen LogP contribution in [0.3, 0.4) is 0 Å². The van der Waals surface area contributed by atoms with Gasteiger partial charge in [-0.1, -0.05) is 18.2 Å². The molecule has 0 unspecified atom stereocenters. The molecule has 0 saturated carbocycles. The van der Waals surface area contributed by atoms with Crippen LogP contribution < -0.4 is 19.5 Å². The fourth-order valence-corrected chi connectivity index (χ4v) is 2.23. The highest BCUT2D eigenvalue weighted by atomic mass is 19.3. The number of nitrogens with one attached hydrogen (secondary N) is 1. The fraction of sp³-hybridized carbons (Fsp3) is 0.167. The topological polar surface area (TPSA) is 56.8 Å². The first-order valence-corrected chi connectivity index (χ1v) is 7.49. The van der Waals surface area contributed by atoms with Crippen molar-refractivity contribution in [2.24, 2.45) is 0 Å². The van der Waals surface area contributed by atoms with E-state index < -0.39 is 6.61 Å². The molecular formula is C18H15F2NO4. The van der Waals surface area contributed by atoms with Gasteiger partial charge in [-0.05, 0) is 41.5 Å². The molecule has 130 valence electrons. The molecule has 2 aromatic carbocycles. The maximum atomic E-state index is 12.1. The first-order valence-electron chi connectivity index (χ1n) is 7.49. The van der Waals surface area contributed by atoms with Crippen LogP contribution in [0.1, 0.15) is 11.1 Å². The number of hydrogen-bond acceptors (Lipinski definition) is 4. The molecule has 2 aromatic rings. The van der Waals surface area contributed by atoms with Crippen molar-refractivity contribution >= 4 is 12.0 Å². The fourth-order valence-electron chi connectivity index (χ4n) is 2.23. The average molecular weight is 347 g/mol. The SMILES string of the molecule is O=C(/C=C/c1ccc(OC(F)F)cc1)NCc1ccc2c(c1)OCO2. The molecule has 0 saturated heterocycles. The first-order chi connectivity index (χ1) is 12.1. The molecule has 0 radical (unpaired) electrons. The lowest BCUT2D eigenvalue weighted by atomic mass is 10.2. The molecule has 0 fully saturated rings. The second kappa shape index (κ2) is 7.65. The van der Waals surface area contributed by atoms with Gasteiger partial charge < -0.3 is 19.5 Å². The highest BCUT2D eigenvalue weighted by Gasteiger charge is 2.13. The van der Waals surface area contributed by atoms with E-state index in [1.807, 2.05) is 12.1 Å². The standard InChI is InChI=1S/C18H15F2NO4/c19-18(20)25-14-5-1-12(2-6-14)4-8-17(22)21-10-13-3-7-15-16(9-13)24-11-23-15/h1-9,18H,10-11H2,(H,21,22)/b8-4+. The van der Waals surface area contributed by atoms with E-state index >= 15 is 0 Å². The van der Waals surface area contributed by atoms with Gasteiger partial charge in [0, 0.05) is 12.6 Å². The summed E-state index contributed by atoms with van der Waals surface area (Å²) in [7, 11) is 0. The second-order valence-electron chi connectivity index (χ2n) is 5.19. The highest BCUT2D eigenvalue weighted by Crippen LogP contribution is 2.32. The Morgan fingerprint density at radius 2 is 1.92 bits per heavy atom. The van der Waals surface area contributed by atoms with Gasteiger partial charge in [0.15, 0.2) is 11.5 Å². The minimum atomic E-state index is -2.86. The Kier molecular flexibility index (Phi) is 5.13. The number of alkyl halides is 2. The van der Waals surface area contributed by atoms with Gasteiger partial charge in [0.05, 0.1) is 0 Å². The van der Waals surface area contributed by atoms with Crippen LogP contribution in [-0.2, 0) is 11.3 Å². The lowest BCUT2D eigenvalue weighted by Gasteiger charge is -2.05. The first kappa shape index (κ1) is 16.8. The molecule has 7 heteroatoms. The van der Waals surface area contributed by atoms with Gasteiger partial charge in [-0.2, -0.15) is 8.78 Å². The monoisotopic (exact) mass is 347 g/mol. The number of ether oxygens (including phenoxy) is 3. The maximum absolute atomic E-state index is 12.1. The largest absolute Gasteiger partial charge is 0.454 e. The van der Waals surface area contributed by atoms with Crippen LogP contribution in [-0.4, -0.2) is 19.3 Å².